The first kappa shape index (κ1) is 23.6. The van der Waals surface area contributed by atoms with Gasteiger partial charge in [0.2, 0.25) is 0 Å². The van der Waals surface area contributed by atoms with Crippen LogP contribution in [-0.2, 0) is 9.47 Å². The highest BCUT2D eigenvalue weighted by Gasteiger charge is 2.36. The van der Waals surface area contributed by atoms with Crippen molar-refractivity contribution in [3.05, 3.63) is 5.69 Å². The van der Waals surface area contributed by atoms with Crippen molar-refractivity contribution in [2.75, 3.05) is 48.5 Å². The second-order valence-corrected chi connectivity index (χ2v) is 7.60. The van der Waals surface area contributed by atoms with Gasteiger partial charge in [0.05, 0.1) is 25.4 Å². The second-order valence-electron chi connectivity index (χ2n) is 7.60. The molecule has 172 valence electrons. The minimum Gasteiger partial charge on any atom is -0.394 e. The fourth-order valence-corrected chi connectivity index (χ4v) is 3.01. The maximum absolute atomic E-state index is 10.2. The lowest BCUT2D eigenvalue weighted by Gasteiger charge is -2.13. The average Bonchev–Trinajstić information content (AvgIpc) is 3.30. The van der Waals surface area contributed by atoms with Gasteiger partial charge in [-0.1, -0.05) is 5.92 Å². The fraction of sp³-hybridized carbons (Fsp3) is 0.550. The van der Waals surface area contributed by atoms with E-state index in [4.69, 9.17) is 9.47 Å². The molecule has 0 aromatic carbocycles. The SMILES string of the molecule is COCC#Cc1nn(C2CC(O)C(CO)O2)c2nc(N=CN(C)C)nc(N=CN(C)C)c12. The molecule has 1 saturated heterocycles. The van der Waals surface area contributed by atoms with Crippen molar-refractivity contribution in [3.63, 3.8) is 0 Å². The summed E-state index contributed by atoms with van der Waals surface area (Å²) in [5, 5.41) is 24.8. The summed E-state index contributed by atoms with van der Waals surface area (Å²) in [4.78, 5) is 21.4. The summed E-state index contributed by atoms with van der Waals surface area (Å²) in [7, 11) is 8.92. The van der Waals surface area contributed by atoms with Gasteiger partial charge in [0, 0.05) is 41.7 Å². The van der Waals surface area contributed by atoms with Gasteiger partial charge in [-0.2, -0.15) is 15.1 Å². The third-order valence-corrected chi connectivity index (χ3v) is 4.42. The zero-order valence-electron chi connectivity index (χ0n) is 18.8. The molecule has 3 heterocycles. The summed E-state index contributed by atoms with van der Waals surface area (Å²) in [6.07, 6.45) is 1.26. The Morgan fingerprint density at radius 2 is 1.94 bits per heavy atom. The molecule has 3 atom stereocenters. The minimum atomic E-state index is -0.827. The molecular weight excluding hydrogens is 416 g/mol. The van der Waals surface area contributed by atoms with Gasteiger partial charge in [-0.05, 0) is 5.92 Å². The third kappa shape index (κ3) is 5.38. The van der Waals surface area contributed by atoms with E-state index < -0.39 is 18.4 Å². The van der Waals surface area contributed by atoms with Crippen molar-refractivity contribution in [2.24, 2.45) is 9.98 Å². The molecule has 1 fully saturated rings. The van der Waals surface area contributed by atoms with Gasteiger partial charge in [0.15, 0.2) is 17.7 Å². The standard InChI is InChI=1S/C20H28N8O4/c1-26(2)11-21-18-17-13(7-6-8-31-5)25-28(16-9-14(30)15(10-29)32-16)19(17)24-20(23-18)22-12-27(3)4/h11-12,14-16,29-30H,8-10H2,1-5H3. The summed E-state index contributed by atoms with van der Waals surface area (Å²) in [6.45, 7) is -0.0783. The molecule has 12 heteroatoms. The molecule has 0 aliphatic carbocycles. The Morgan fingerprint density at radius 1 is 1.22 bits per heavy atom. The maximum Gasteiger partial charge on any atom is 0.254 e. The van der Waals surface area contributed by atoms with Crippen LogP contribution in [-0.4, -0.2) is 113 Å². The Hall–Kier alpha value is -3.11. The predicted octanol–water partition coefficient (Wildman–Crippen LogP) is -0.0923. The molecule has 0 bridgehead atoms. The number of aromatic nitrogens is 4. The number of rotatable bonds is 7. The number of aliphatic hydroxyl groups is 2. The monoisotopic (exact) mass is 444 g/mol. The van der Waals surface area contributed by atoms with Crippen molar-refractivity contribution in [2.45, 2.75) is 24.9 Å². The van der Waals surface area contributed by atoms with Crippen LogP contribution in [0.15, 0.2) is 9.98 Å². The molecule has 1 aliphatic rings. The normalized spacial score (nSPS) is 20.9. The molecule has 2 aromatic rings. The lowest BCUT2D eigenvalue weighted by molar-refractivity contribution is -0.0470. The van der Waals surface area contributed by atoms with Gasteiger partial charge in [-0.25, -0.2) is 14.7 Å². The summed E-state index contributed by atoms with van der Waals surface area (Å²) in [6, 6.07) is 0. The third-order valence-electron chi connectivity index (χ3n) is 4.42. The van der Waals surface area contributed by atoms with E-state index in [1.54, 1.807) is 29.6 Å². The molecule has 0 amide bonds. The number of methoxy groups -OCH3 is 1. The zero-order valence-corrected chi connectivity index (χ0v) is 18.8. The van der Waals surface area contributed by atoms with Gasteiger partial charge in [-0.3, -0.25) is 0 Å². The van der Waals surface area contributed by atoms with E-state index >= 15 is 0 Å². The van der Waals surface area contributed by atoms with Gasteiger partial charge >= 0.3 is 0 Å². The van der Waals surface area contributed by atoms with Crippen LogP contribution in [0, 0.1) is 11.8 Å². The van der Waals surface area contributed by atoms with E-state index in [1.807, 2.05) is 28.2 Å². The first-order valence-corrected chi connectivity index (χ1v) is 9.97. The molecule has 32 heavy (non-hydrogen) atoms. The van der Waals surface area contributed by atoms with E-state index in [2.05, 4.69) is 36.9 Å². The first-order valence-electron chi connectivity index (χ1n) is 9.97. The van der Waals surface area contributed by atoms with Crippen molar-refractivity contribution in [1.29, 1.82) is 0 Å². The number of nitrogens with zero attached hydrogens (tertiary/aromatic N) is 8. The van der Waals surface area contributed by atoms with Crippen molar-refractivity contribution in [1.82, 2.24) is 29.5 Å². The van der Waals surface area contributed by atoms with Crippen molar-refractivity contribution in [3.8, 4) is 11.8 Å². The summed E-state index contributed by atoms with van der Waals surface area (Å²) in [5.74, 6) is 6.40. The average molecular weight is 444 g/mol. The van der Waals surface area contributed by atoms with Crippen molar-refractivity contribution >= 4 is 35.5 Å². The second kappa shape index (κ2) is 10.5. The lowest BCUT2D eigenvalue weighted by Crippen LogP contribution is -2.24. The number of hydrogen-bond donors (Lipinski definition) is 2. The predicted molar refractivity (Wildman–Crippen MR) is 119 cm³/mol. The summed E-state index contributed by atoms with van der Waals surface area (Å²) >= 11 is 0. The molecular formula is C20H28N8O4. The first-order chi connectivity index (χ1) is 15.3. The van der Waals surface area contributed by atoms with Gasteiger partial charge in [0.1, 0.15) is 23.8 Å². The highest BCUT2D eigenvalue weighted by atomic mass is 16.5. The largest absolute Gasteiger partial charge is 0.394 e. The van der Waals surface area contributed by atoms with E-state index in [-0.39, 0.29) is 25.6 Å². The van der Waals surface area contributed by atoms with Crippen molar-refractivity contribution < 1.29 is 19.7 Å². The Morgan fingerprint density at radius 3 is 2.56 bits per heavy atom. The maximum atomic E-state index is 10.2. The van der Waals surface area contributed by atoms with Crippen LogP contribution in [0.2, 0.25) is 0 Å². The van der Waals surface area contributed by atoms with Crippen LogP contribution in [0.4, 0.5) is 11.8 Å². The Kier molecular flexibility index (Phi) is 7.70. The van der Waals surface area contributed by atoms with E-state index in [0.717, 1.165) is 0 Å². The highest BCUT2D eigenvalue weighted by molar-refractivity contribution is 5.92. The van der Waals surface area contributed by atoms with Gasteiger partial charge in [-0.15, -0.1) is 0 Å². The number of ether oxygens (including phenoxy) is 2. The quantitative estimate of drug-likeness (QED) is 0.341. The smallest absolute Gasteiger partial charge is 0.254 e. The van der Waals surface area contributed by atoms with Crippen LogP contribution < -0.4 is 0 Å². The molecule has 0 radical (unpaired) electrons. The number of aliphatic hydroxyl groups excluding tert-OH is 2. The summed E-state index contributed by atoms with van der Waals surface area (Å²) < 4.78 is 12.4. The number of fused-ring (bicyclic) bond motifs is 1. The van der Waals surface area contributed by atoms with Crippen LogP contribution in [0.3, 0.4) is 0 Å². The fourth-order valence-electron chi connectivity index (χ4n) is 3.01. The van der Waals surface area contributed by atoms with Crippen LogP contribution in [0.5, 0.6) is 0 Å². The van der Waals surface area contributed by atoms with Crippen LogP contribution in [0.25, 0.3) is 11.0 Å². The molecule has 12 nitrogen and oxygen atoms in total. The van der Waals surface area contributed by atoms with Gasteiger partial charge < -0.3 is 29.5 Å². The molecule has 3 unspecified atom stereocenters. The van der Waals surface area contributed by atoms with E-state index in [0.29, 0.717) is 22.5 Å². The topological polar surface area (TPSA) is 134 Å². The molecule has 0 saturated carbocycles. The molecule has 2 aromatic heterocycles. The molecule has 1 aliphatic heterocycles. The highest BCUT2D eigenvalue weighted by Crippen LogP contribution is 2.34. The summed E-state index contributed by atoms with van der Waals surface area (Å²) in [5.41, 5.74) is 0.811. The molecule has 2 N–H and O–H groups in total. The zero-order chi connectivity index (χ0) is 23.3. The number of aliphatic imine (C=N–C) groups is 2. The molecule has 3 rings (SSSR count). The van der Waals surface area contributed by atoms with E-state index in [1.165, 1.54) is 4.68 Å². The molecule has 0 spiro atoms. The van der Waals surface area contributed by atoms with Crippen LogP contribution >= 0.6 is 0 Å². The minimum absolute atomic E-state index is 0.187. The van der Waals surface area contributed by atoms with E-state index in [9.17, 15) is 10.2 Å². The number of hydrogen-bond acceptors (Lipinski definition) is 9. The van der Waals surface area contributed by atoms with Crippen LogP contribution in [0.1, 0.15) is 18.3 Å². The lowest BCUT2D eigenvalue weighted by atomic mass is 10.2. The Bertz CT molecular complexity index is 1050. The Balaban J connectivity index is 2.22. The Labute approximate surface area is 186 Å². The van der Waals surface area contributed by atoms with Gasteiger partial charge in [0.25, 0.3) is 5.95 Å².